The number of carboxylic acid groups (broad SMARTS) is 1. The molecule has 1 N–H and O–H groups in total. The lowest BCUT2D eigenvalue weighted by molar-refractivity contribution is -0.305. The lowest BCUT2D eigenvalue weighted by Gasteiger charge is -2.02. The minimum atomic E-state index is -1.18. The van der Waals surface area contributed by atoms with E-state index < -0.39 is 5.97 Å². The van der Waals surface area contributed by atoms with Gasteiger partial charge in [0.15, 0.2) is 5.13 Å². The van der Waals surface area contributed by atoms with Crippen molar-refractivity contribution in [3.8, 4) is 0 Å². The van der Waals surface area contributed by atoms with Crippen LogP contribution in [-0.2, 0) is 25.5 Å². The second-order valence-corrected chi connectivity index (χ2v) is 4.76. The fraction of sp³-hybridized carbons (Fsp3) is 0.500. The summed E-state index contributed by atoms with van der Waals surface area (Å²) in [5.74, 6) is -1.86. The number of hydrogen-bond donors (Lipinski definition) is 1. The number of rotatable bonds is 8. The number of carbonyl (C=O) groups is 3. The summed E-state index contributed by atoms with van der Waals surface area (Å²) in [7, 11) is 0. The van der Waals surface area contributed by atoms with Crippen molar-refractivity contribution in [1.82, 2.24) is 4.98 Å². The van der Waals surface area contributed by atoms with Gasteiger partial charge in [0.2, 0.25) is 5.91 Å². The highest BCUT2D eigenvalue weighted by Crippen LogP contribution is 2.16. The van der Waals surface area contributed by atoms with E-state index in [1.165, 1.54) is 11.3 Å². The Morgan fingerprint density at radius 3 is 2.80 bits per heavy atom. The zero-order valence-corrected chi connectivity index (χ0v) is 11.8. The minimum Gasteiger partial charge on any atom is -0.550 e. The number of carboxylic acids is 1. The highest BCUT2D eigenvalue weighted by molar-refractivity contribution is 7.13. The Kier molecular flexibility index (Phi) is 6.65. The molecule has 0 atom stereocenters. The van der Waals surface area contributed by atoms with Crippen LogP contribution in [0.3, 0.4) is 0 Å². The third-order valence-corrected chi connectivity index (χ3v) is 3.02. The fourth-order valence-electron chi connectivity index (χ4n) is 1.38. The normalized spacial score (nSPS) is 10.1. The van der Waals surface area contributed by atoms with Crippen LogP contribution in [0.2, 0.25) is 0 Å². The molecular weight excluding hydrogens is 284 g/mol. The Morgan fingerprint density at radius 2 is 2.15 bits per heavy atom. The van der Waals surface area contributed by atoms with E-state index in [0.717, 1.165) is 0 Å². The molecule has 8 heteroatoms. The van der Waals surface area contributed by atoms with E-state index in [-0.39, 0.29) is 37.6 Å². The number of amides is 1. The van der Waals surface area contributed by atoms with Crippen molar-refractivity contribution < 1.29 is 24.2 Å². The van der Waals surface area contributed by atoms with Gasteiger partial charge in [-0.25, -0.2) is 4.98 Å². The number of anilines is 1. The van der Waals surface area contributed by atoms with Crippen LogP contribution in [0.4, 0.5) is 5.13 Å². The average Bonchev–Trinajstić information content (AvgIpc) is 2.76. The molecule has 1 rings (SSSR count). The maximum atomic E-state index is 11.5. The molecule has 1 heterocycles. The molecule has 0 aliphatic carbocycles. The lowest BCUT2D eigenvalue weighted by atomic mass is 10.2. The Bertz CT molecular complexity index is 486. The van der Waals surface area contributed by atoms with Crippen LogP contribution in [0.5, 0.6) is 0 Å². The number of nitrogens with zero attached hydrogens (tertiary/aromatic N) is 1. The third kappa shape index (κ3) is 6.28. The van der Waals surface area contributed by atoms with Gasteiger partial charge in [0.05, 0.1) is 18.7 Å². The first kappa shape index (κ1) is 16.1. The number of thiazole rings is 1. The van der Waals surface area contributed by atoms with Gasteiger partial charge in [0.1, 0.15) is 0 Å². The topological polar surface area (TPSA) is 108 Å². The number of ether oxygens (including phenoxy) is 1. The van der Waals surface area contributed by atoms with Gasteiger partial charge in [0, 0.05) is 17.8 Å². The van der Waals surface area contributed by atoms with Crippen molar-refractivity contribution in [2.24, 2.45) is 0 Å². The number of carbonyl (C=O) groups excluding carboxylic acids is 3. The van der Waals surface area contributed by atoms with Gasteiger partial charge < -0.3 is 20.0 Å². The number of esters is 1. The van der Waals surface area contributed by atoms with E-state index in [1.807, 2.05) is 0 Å². The number of nitrogens with one attached hydrogen (secondary N) is 1. The Labute approximate surface area is 120 Å². The summed E-state index contributed by atoms with van der Waals surface area (Å²) in [4.78, 5) is 37.0. The quantitative estimate of drug-likeness (QED) is 0.682. The van der Waals surface area contributed by atoms with Gasteiger partial charge in [-0.2, -0.15) is 0 Å². The van der Waals surface area contributed by atoms with Crippen LogP contribution in [0, 0.1) is 0 Å². The van der Waals surface area contributed by atoms with E-state index in [0.29, 0.717) is 17.4 Å². The predicted molar refractivity (Wildman–Crippen MR) is 69.9 cm³/mol. The first-order chi connectivity index (χ1) is 9.51. The molecule has 110 valence electrons. The molecule has 0 aliphatic heterocycles. The molecule has 0 saturated heterocycles. The second-order valence-electron chi connectivity index (χ2n) is 3.90. The summed E-state index contributed by atoms with van der Waals surface area (Å²) in [6.45, 7) is 2.03. The average molecular weight is 299 g/mol. The van der Waals surface area contributed by atoms with E-state index in [4.69, 9.17) is 4.74 Å². The summed E-state index contributed by atoms with van der Waals surface area (Å²) in [6, 6.07) is 0. The molecule has 0 saturated carbocycles. The standard InChI is InChI=1S/C12H16N2O5S/c1-2-19-11(18)6-8-7-20-12(13-8)14-9(15)4-3-5-10(16)17/h7H,2-6H2,1H3,(H,16,17)(H,13,14,15)/p-1. The smallest absolute Gasteiger partial charge is 0.311 e. The third-order valence-electron chi connectivity index (χ3n) is 2.21. The molecule has 0 spiro atoms. The number of aromatic nitrogens is 1. The van der Waals surface area contributed by atoms with Crippen LogP contribution < -0.4 is 10.4 Å². The maximum Gasteiger partial charge on any atom is 0.311 e. The van der Waals surface area contributed by atoms with Crippen molar-refractivity contribution in [1.29, 1.82) is 0 Å². The van der Waals surface area contributed by atoms with Crippen LogP contribution >= 0.6 is 11.3 Å². The largest absolute Gasteiger partial charge is 0.550 e. The van der Waals surface area contributed by atoms with Crippen molar-refractivity contribution in [2.45, 2.75) is 32.6 Å². The van der Waals surface area contributed by atoms with E-state index in [2.05, 4.69) is 10.3 Å². The van der Waals surface area contributed by atoms with Crippen molar-refractivity contribution in [3.63, 3.8) is 0 Å². The Morgan fingerprint density at radius 1 is 1.40 bits per heavy atom. The molecule has 20 heavy (non-hydrogen) atoms. The SMILES string of the molecule is CCOC(=O)Cc1csc(NC(=O)CCCC(=O)[O-])n1. The van der Waals surface area contributed by atoms with Crippen LogP contribution in [0.1, 0.15) is 31.9 Å². The molecular formula is C12H15N2O5S-. The summed E-state index contributed by atoms with van der Waals surface area (Å²) in [5, 5.41) is 14.8. The van der Waals surface area contributed by atoms with E-state index in [9.17, 15) is 19.5 Å². The minimum absolute atomic E-state index is 0.0604. The highest BCUT2D eigenvalue weighted by atomic mass is 32.1. The molecule has 1 aromatic heterocycles. The molecule has 0 radical (unpaired) electrons. The van der Waals surface area contributed by atoms with E-state index >= 15 is 0 Å². The van der Waals surface area contributed by atoms with Gasteiger partial charge in [-0.05, 0) is 19.8 Å². The second kappa shape index (κ2) is 8.26. The van der Waals surface area contributed by atoms with Crippen molar-refractivity contribution >= 4 is 34.3 Å². The molecule has 1 amide bonds. The molecule has 0 aromatic carbocycles. The molecule has 7 nitrogen and oxygen atoms in total. The Balaban J connectivity index is 2.37. The summed E-state index contributed by atoms with van der Waals surface area (Å²) >= 11 is 1.20. The first-order valence-corrected chi connectivity index (χ1v) is 6.99. The Hall–Kier alpha value is -1.96. The zero-order valence-electron chi connectivity index (χ0n) is 11.0. The maximum absolute atomic E-state index is 11.5. The molecule has 0 aliphatic rings. The van der Waals surface area contributed by atoms with Gasteiger partial charge >= 0.3 is 5.97 Å². The number of aliphatic carboxylic acids is 1. The molecule has 0 unspecified atom stereocenters. The highest BCUT2D eigenvalue weighted by Gasteiger charge is 2.10. The number of hydrogen-bond acceptors (Lipinski definition) is 7. The van der Waals surface area contributed by atoms with Gasteiger partial charge in [-0.15, -0.1) is 11.3 Å². The summed E-state index contributed by atoms with van der Waals surface area (Å²) < 4.78 is 4.79. The summed E-state index contributed by atoms with van der Waals surface area (Å²) in [5.41, 5.74) is 0.526. The zero-order chi connectivity index (χ0) is 15.0. The molecule has 0 fully saturated rings. The van der Waals surface area contributed by atoms with Gasteiger partial charge in [0.25, 0.3) is 0 Å². The van der Waals surface area contributed by atoms with Crippen molar-refractivity contribution in [2.75, 3.05) is 11.9 Å². The van der Waals surface area contributed by atoms with Crippen LogP contribution in [-0.4, -0.2) is 29.4 Å². The van der Waals surface area contributed by atoms with E-state index in [1.54, 1.807) is 12.3 Å². The summed E-state index contributed by atoms with van der Waals surface area (Å²) in [6.07, 6.45) is 0.209. The van der Waals surface area contributed by atoms with Gasteiger partial charge in [-0.1, -0.05) is 0 Å². The van der Waals surface area contributed by atoms with Crippen LogP contribution in [0.25, 0.3) is 0 Å². The fourth-order valence-corrected chi connectivity index (χ4v) is 2.11. The molecule has 0 bridgehead atoms. The van der Waals surface area contributed by atoms with Crippen LogP contribution in [0.15, 0.2) is 5.38 Å². The molecule has 1 aromatic rings. The predicted octanol–water partition coefficient (Wildman–Crippen LogP) is 0.107. The van der Waals surface area contributed by atoms with Crippen molar-refractivity contribution in [3.05, 3.63) is 11.1 Å². The monoisotopic (exact) mass is 299 g/mol. The van der Waals surface area contributed by atoms with Gasteiger partial charge in [-0.3, -0.25) is 9.59 Å². The first-order valence-electron chi connectivity index (χ1n) is 6.11. The lowest BCUT2D eigenvalue weighted by Crippen LogP contribution is -2.22.